The predicted octanol–water partition coefficient (Wildman–Crippen LogP) is 4.25. The van der Waals surface area contributed by atoms with Crippen molar-refractivity contribution in [3.8, 4) is 0 Å². The van der Waals surface area contributed by atoms with E-state index in [1.165, 1.54) is 17.7 Å². The molecule has 3 nitrogen and oxygen atoms in total. The molecule has 1 saturated heterocycles. The number of rotatable bonds is 9. The van der Waals surface area contributed by atoms with Crippen LogP contribution in [0.5, 0.6) is 0 Å². The van der Waals surface area contributed by atoms with E-state index in [2.05, 4.69) is 27.3 Å². The Morgan fingerprint density at radius 1 is 1.19 bits per heavy atom. The zero-order valence-corrected chi connectivity index (χ0v) is 16.4. The molecule has 5 heteroatoms. The molecule has 0 atom stereocenters. The van der Waals surface area contributed by atoms with Crippen LogP contribution in [0.25, 0.3) is 0 Å². The number of halogens is 1. The molecular weight excluding hydrogens is 347 g/mol. The first-order valence-electron chi connectivity index (χ1n) is 9.44. The Labute approximate surface area is 160 Å². The van der Waals surface area contributed by atoms with E-state index in [9.17, 15) is 4.39 Å². The van der Waals surface area contributed by atoms with E-state index < -0.39 is 0 Å². The summed E-state index contributed by atoms with van der Waals surface area (Å²) in [5, 5.41) is 2.14. The van der Waals surface area contributed by atoms with E-state index in [0.717, 1.165) is 51.4 Å². The Kier molecular flexibility index (Phi) is 7.62. The fraction of sp³-hybridized carbons (Fsp3) is 0.524. The summed E-state index contributed by atoms with van der Waals surface area (Å²) in [6.07, 6.45) is 2.37. The largest absolute Gasteiger partial charge is 0.383 e. The fourth-order valence-corrected chi connectivity index (χ4v) is 4.38. The molecule has 1 aromatic carbocycles. The van der Waals surface area contributed by atoms with Crippen molar-refractivity contribution in [1.82, 2.24) is 9.80 Å². The number of thiophene rings is 1. The predicted molar refractivity (Wildman–Crippen MR) is 106 cm³/mol. The van der Waals surface area contributed by atoms with Crippen LogP contribution in [0.3, 0.4) is 0 Å². The summed E-state index contributed by atoms with van der Waals surface area (Å²) >= 11 is 1.82. The molecule has 0 radical (unpaired) electrons. The second-order valence-electron chi connectivity index (χ2n) is 7.12. The highest BCUT2D eigenvalue weighted by atomic mass is 32.1. The van der Waals surface area contributed by atoms with Crippen LogP contribution in [0.1, 0.15) is 23.3 Å². The van der Waals surface area contributed by atoms with Crippen molar-refractivity contribution in [2.24, 2.45) is 5.92 Å². The van der Waals surface area contributed by atoms with Gasteiger partial charge in [-0.05, 0) is 49.4 Å². The topological polar surface area (TPSA) is 15.7 Å². The van der Waals surface area contributed by atoms with Crippen LogP contribution in [0, 0.1) is 11.7 Å². The van der Waals surface area contributed by atoms with Crippen molar-refractivity contribution < 1.29 is 9.13 Å². The third-order valence-corrected chi connectivity index (χ3v) is 6.01. The van der Waals surface area contributed by atoms with Crippen LogP contribution in [0.2, 0.25) is 0 Å². The Morgan fingerprint density at radius 2 is 2.00 bits per heavy atom. The molecule has 0 N–H and O–H groups in total. The second-order valence-corrected chi connectivity index (χ2v) is 8.15. The number of hydrogen-bond acceptors (Lipinski definition) is 4. The summed E-state index contributed by atoms with van der Waals surface area (Å²) < 4.78 is 19.1. The summed E-state index contributed by atoms with van der Waals surface area (Å²) in [7, 11) is 1.77. The quantitative estimate of drug-likeness (QED) is 0.651. The molecule has 1 aliphatic rings. The van der Waals surface area contributed by atoms with E-state index in [1.807, 2.05) is 23.5 Å². The lowest BCUT2D eigenvalue weighted by Crippen LogP contribution is -2.39. The van der Waals surface area contributed by atoms with E-state index in [-0.39, 0.29) is 5.82 Å². The Hall–Kier alpha value is -1.27. The summed E-state index contributed by atoms with van der Waals surface area (Å²) in [5.74, 6) is 0.625. The average molecular weight is 377 g/mol. The molecule has 1 fully saturated rings. The van der Waals surface area contributed by atoms with Crippen molar-refractivity contribution in [3.63, 3.8) is 0 Å². The fourth-order valence-electron chi connectivity index (χ4n) is 3.64. The molecule has 0 amide bonds. The molecule has 2 aromatic rings. The maximum atomic E-state index is 13.8. The minimum Gasteiger partial charge on any atom is -0.383 e. The van der Waals surface area contributed by atoms with Crippen LogP contribution < -0.4 is 0 Å². The zero-order valence-electron chi connectivity index (χ0n) is 15.6. The molecular formula is C21H29FN2OS. The highest BCUT2D eigenvalue weighted by Gasteiger charge is 2.22. The standard InChI is InChI=1S/C21H29FN2OS/c1-25-13-12-24(17-20-6-4-14-26-20)15-18-8-10-23(11-9-18)16-19-5-2-3-7-21(19)22/h2-7,14,18H,8-13,15-17H2,1H3. The van der Waals surface area contributed by atoms with Gasteiger partial charge in [-0.2, -0.15) is 0 Å². The number of piperidine rings is 1. The van der Waals surface area contributed by atoms with E-state index >= 15 is 0 Å². The van der Waals surface area contributed by atoms with Crippen molar-refractivity contribution in [2.45, 2.75) is 25.9 Å². The molecule has 1 aromatic heterocycles. The normalized spacial score (nSPS) is 16.4. The van der Waals surface area contributed by atoms with Gasteiger partial charge in [0.2, 0.25) is 0 Å². The lowest BCUT2D eigenvalue weighted by molar-refractivity contribution is 0.107. The molecule has 142 valence electrons. The van der Waals surface area contributed by atoms with Gasteiger partial charge in [-0.1, -0.05) is 24.3 Å². The molecule has 26 heavy (non-hydrogen) atoms. The molecule has 0 aliphatic carbocycles. The number of hydrogen-bond donors (Lipinski definition) is 0. The highest BCUT2D eigenvalue weighted by molar-refractivity contribution is 7.09. The molecule has 0 spiro atoms. The van der Waals surface area contributed by atoms with Crippen LogP contribution in [0.4, 0.5) is 4.39 Å². The van der Waals surface area contributed by atoms with Gasteiger partial charge in [-0.15, -0.1) is 11.3 Å². The maximum Gasteiger partial charge on any atom is 0.127 e. The highest BCUT2D eigenvalue weighted by Crippen LogP contribution is 2.22. The molecule has 0 saturated carbocycles. The first kappa shape index (κ1) is 19.5. The molecule has 2 heterocycles. The minimum absolute atomic E-state index is 0.0867. The number of likely N-dealkylation sites (tertiary alicyclic amines) is 1. The summed E-state index contributed by atoms with van der Waals surface area (Å²) in [5.41, 5.74) is 0.811. The van der Waals surface area contributed by atoms with E-state index in [0.29, 0.717) is 5.92 Å². The monoisotopic (exact) mass is 376 g/mol. The van der Waals surface area contributed by atoms with Crippen LogP contribution >= 0.6 is 11.3 Å². The lowest BCUT2D eigenvalue weighted by atomic mass is 9.95. The number of methoxy groups -OCH3 is 1. The number of ether oxygens (including phenoxy) is 1. The van der Waals surface area contributed by atoms with Gasteiger partial charge < -0.3 is 4.74 Å². The number of benzene rings is 1. The van der Waals surface area contributed by atoms with Gasteiger partial charge in [0.1, 0.15) is 5.82 Å². The second kappa shape index (κ2) is 10.2. The first-order valence-corrected chi connectivity index (χ1v) is 10.3. The SMILES string of the molecule is COCCN(Cc1cccs1)CC1CCN(Cc2ccccc2F)CC1. The van der Waals surface area contributed by atoms with Gasteiger partial charge in [-0.25, -0.2) is 4.39 Å². The van der Waals surface area contributed by atoms with Crippen LogP contribution in [-0.2, 0) is 17.8 Å². The zero-order chi connectivity index (χ0) is 18.2. The van der Waals surface area contributed by atoms with Gasteiger partial charge in [0.05, 0.1) is 6.61 Å². The molecule has 0 bridgehead atoms. The lowest BCUT2D eigenvalue weighted by Gasteiger charge is -2.35. The van der Waals surface area contributed by atoms with Crippen LogP contribution in [0.15, 0.2) is 41.8 Å². The van der Waals surface area contributed by atoms with Crippen molar-refractivity contribution in [1.29, 1.82) is 0 Å². The summed E-state index contributed by atoms with van der Waals surface area (Å²) in [6.45, 7) is 6.71. The maximum absolute atomic E-state index is 13.8. The Balaban J connectivity index is 1.47. The van der Waals surface area contributed by atoms with Crippen molar-refractivity contribution in [2.75, 3.05) is 39.9 Å². The summed E-state index contributed by atoms with van der Waals surface area (Å²) in [4.78, 5) is 6.32. The van der Waals surface area contributed by atoms with Gasteiger partial charge in [0.15, 0.2) is 0 Å². The van der Waals surface area contributed by atoms with E-state index in [4.69, 9.17) is 4.74 Å². The molecule has 0 unspecified atom stereocenters. The van der Waals surface area contributed by atoms with Gasteiger partial charge >= 0.3 is 0 Å². The third-order valence-electron chi connectivity index (χ3n) is 5.15. The third kappa shape index (κ3) is 5.88. The van der Waals surface area contributed by atoms with Crippen molar-refractivity contribution >= 4 is 11.3 Å². The smallest absolute Gasteiger partial charge is 0.127 e. The van der Waals surface area contributed by atoms with Gasteiger partial charge in [0, 0.05) is 43.7 Å². The summed E-state index contributed by atoms with van der Waals surface area (Å²) in [6, 6.07) is 11.5. The van der Waals surface area contributed by atoms with Crippen LogP contribution in [-0.4, -0.2) is 49.7 Å². The molecule has 1 aliphatic heterocycles. The Bertz CT molecular complexity index is 641. The number of nitrogens with zero attached hydrogens (tertiary/aromatic N) is 2. The van der Waals surface area contributed by atoms with Gasteiger partial charge in [-0.3, -0.25) is 9.80 Å². The molecule has 3 rings (SSSR count). The first-order chi connectivity index (χ1) is 12.7. The van der Waals surface area contributed by atoms with Crippen molar-refractivity contribution in [3.05, 3.63) is 58.0 Å². The Morgan fingerprint density at radius 3 is 2.69 bits per heavy atom. The average Bonchev–Trinajstić information content (AvgIpc) is 3.16. The van der Waals surface area contributed by atoms with Gasteiger partial charge in [0.25, 0.3) is 0 Å². The minimum atomic E-state index is -0.0867. The van der Waals surface area contributed by atoms with E-state index in [1.54, 1.807) is 19.2 Å².